The van der Waals surface area contributed by atoms with Crippen LogP contribution in [0.4, 0.5) is 64.1 Å². The number of aromatic carboxylic acids is 2. The molecule has 4 N–H and O–H groups in total. The highest BCUT2D eigenvalue weighted by Gasteiger charge is 2.34. The Hall–Kier alpha value is -6.08. The van der Waals surface area contributed by atoms with Crippen molar-refractivity contribution in [3.05, 3.63) is 128 Å². The zero-order valence-corrected chi connectivity index (χ0v) is 22.5. The van der Waals surface area contributed by atoms with Crippen molar-refractivity contribution in [2.45, 2.75) is 0 Å². The fourth-order valence-electron chi connectivity index (χ4n) is 3.64. The number of carbonyl (C=O) groups excluding carboxylic acids is 2. The number of halogens is 12. The lowest BCUT2D eigenvalue weighted by Crippen LogP contribution is -2.22. The van der Waals surface area contributed by atoms with Crippen molar-refractivity contribution in [3.8, 4) is 0 Å². The largest absolute Gasteiger partial charge is 0.478 e. The van der Waals surface area contributed by atoms with Crippen LogP contribution in [0.5, 0.6) is 0 Å². The van der Waals surface area contributed by atoms with Crippen LogP contribution in [0, 0.1) is 69.8 Å². The van der Waals surface area contributed by atoms with E-state index in [0.717, 1.165) is 0 Å². The number of nitrogens with one attached hydrogen (secondary N) is 2. The number of hydrogen-bond acceptors (Lipinski definition) is 4. The molecule has 0 saturated heterocycles. The first-order valence-corrected chi connectivity index (χ1v) is 12.0. The van der Waals surface area contributed by atoms with Gasteiger partial charge in [-0.05, 0) is 24.3 Å². The van der Waals surface area contributed by atoms with E-state index in [1.807, 2.05) is 0 Å². The van der Waals surface area contributed by atoms with Gasteiger partial charge in [0, 0.05) is 12.1 Å². The maximum atomic E-state index is 13.7. The summed E-state index contributed by atoms with van der Waals surface area (Å²) < 4.78 is 160. The second-order valence-electron chi connectivity index (χ2n) is 8.78. The zero-order valence-electron chi connectivity index (χ0n) is 22.5. The topological polar surface area (TPSA) is 133 Å². The van der Waals surface area contributed by atoms with E-state index in [9.17, 15) is 71.9 Å². The molecule has 0 fully saturated rings. The molecule has 0 atom stereocenters. The third-order valence-electron chi connectivity index (χ3n) is 5.77. The number of rotatable bonds is 6. The molecule has 20 heteroatoms. The minimum absolute atomic E-state index is 0.343. The molecule has 0 aliphatic carbocycles. The van der Waals surface area contributed by atoms with Gasteiger partial charge in [0.05, 0.1) is 22.5 Å². The Labute approximate surface area is 256 Å². The molecule has 0 aromatic heterocycles. The molecule has 8 nitrogen and oxygen atoms in total. The summed E-state index contributed by atoms with van der Waals surface area (Å²) >= 11 is 0. The van der Waals surface area contributed by atoms with Crippen LogP contribution in [0.2, 0.25) is 0 Å². The van der Waals surface area contributed by atoms with E-state index in [0.29, 0.717) is 36.4 Å². The molecule has 0 bridgehead atoms. The first kappa shape index (κ1) is 36.4. The molecule has 4 rings (SSSR count). The van der Waals surface area contributed by atoms with E-state index < -0.39 is 127 Å². The highest BCUT2D eigenvalue weighted by molar-refractivity contribution is 6.12. The second-order valence-corrected chi connectivity index (χ2v) is 8.78. The van der Waals surface area contributed by atoms with Gasteiger partial charge in [0.1, 0.15) is 34.4 Å². The maximum Gasteiger partial charge on any atom is 0.339 e. The van der Waals surface area contributed by atoms with Crippen LogP contribution in [0.3, 0.4) is 0 Å². The molecule has 0 aliphatic rings. The van der Waals surface area contributed by atoms with Gasteiger partial charge >= 0.3 is 11.9 Å². The molecule has 0 radical (unpaired) electrons. The van der Waals surface area contributed by atoms with Crippen molar-refractivity contribution < 1.29 is 82.1 Å². The molecule has 0 unspecified atom stereocenters. The molecular formula is C28H10F12N2O6. The highest BCUT2D eigenvalue weighted by Crippen LogP contribution is 2.28. The van der Waals surface area contributed by atoms with Crippen molar-refractivity contribution in [1.29, 1.82) is 0 Å². The Kier molecular flexibility index (Phi) is 10.7. The van der Waals surface area contributed by atoms with Gasteiger partial charge in [-0.15, -0.1) is 0 Å². The number of anilines is 2. The minimum Gasteiger partial charge on any atom is -0.478 e. The van der Waals surface area contributed by atoms with Crippen LogP contribution in [-0.2, 0) is 0 Å². The molecule has 252 valence electrons. The fourth-order valence-corrected chi connectivity index (χ4v) is 3.64. The quantitative estimate of drug-likeness (QED) is 0.0980. The normalized spacial score (nSPS) is 10.6. The summed E-state index contributed by atoms with van der Waals surface area (Å²) in [7, 11) is 0. The molecule has 4 aromatic carbocycles. The molecule has 0 saturated carbocycles. The molecule has 2 amide bonds. The van der Waals surface area contributed by atoms with Crippen molar-refractivity contribution >= 4 is 35.1 Å². The van der Waals surface area contributed by atoms with E-state index in [-0.39, 0.29) is 0 Å². The van der Waals surface area contributed by atoms with Crippen LogP contribution in [0.25, 0.3) is 0 Å². The lowest BCUT2D eigenvalue weighted by atomic mass is 10.0. The zero-order chi connectivity index (χ0) is 36.4. The van der Waals surface area contributed by atoms with Gasteiger partial charge in [0.15, 0.2) is 46.5 Å². The van der Waals surface area contributed by atoms with Gasteiger partial charge in [-0.25, -0.2) is 62.3 Å². The van der Waals surface area contributed by atoms with Gasteiger partial charge in [-0.3, -0.25) is 9.59 Å². The van der Waals surface area contributed by atoms with E-state index in [4.69, 9.17) is 10.2 Å². The van der Waals surface area contributed by atoms with Crippen LogP contribution in [-0.4, -0.2) is 34.0 Å². The smallest absolute Gasteiger partial charge is 0.339 e. The van der Waals surface area contributed by atoms with E-state index >= 15 is 0 Å². The van der Waals surface area contributed by atoms with Crippen LogP contribution >= 0.6 is 0 Å². The third-order valence-corrected chi connectivity index (χ3v) is 5.77. The third kappa shape index (κ3) is 7.16. The summed E-state index contributed by atoms with van der Waals surface area (Å²) in [5.74, 6) is -31.5. The minimum atomic E-state index is -2.42. The SMILES string of the molecule is O=C(O)c1c(F)c(F)c(F)c(F)c1C(=O)Nc1ccc(F)cc1F.O=C(O)c1c(F)c(F)c(F)c(F)c1C(=O)Nc1ccc(F)cc1F. The second kappa shape index (κ2) is 14.1. The number of carboxylic acid groups (broad SMARTS) is 2. The Balaban J connectivity index is 0.000000260. The van der Waals surface area contributed by atoms with E-state index in [1.54, 1.807) is 10.6 Å². The Morgan fingerprint density at radius 2 is 0.688 bits per heavy atom. The average Bonchev–Trinajstić information content (AvgIpc) is 3.00. The van der Waals surface area contributed by atoms with Crippen LogP contribution in [0.15, 0.2) is 36.4 Å². The standard InChI is InChI=1S/2C14H5F6NO3/c2*15-4-1-2-6(5(16)3-4)21-13(22)7-8(14(23)24)10(18)12(20)11(19)9(7)17/h2*1-3H,(H,21,22)(H,23,24). The van der Waals surface area contributed by atoms with Crippen LogP contribution in [0.1, 0.15) is 41.4 Å². The van der Waals surface area contributed by atoms with Gasteiger partial charge in [0.25, 0.3) is 11.8 Å². The van der Waals surface area contributed by atoms with Crippen molar-refractivity contribution in [3.63, 3.8) is 0 Å². The molecule has 4 aromatic rings. The van der Waals surface area contributed by atoms with Gasteiger partial charge in [-0.1, -0.05) is 0 Å². The van der Waals surface area contributed by atoms with Crippen molar-refractivity contribution in [2.75, 3.05) is 10.6 Å². The fraction of sp³-hybridized carbons (Fsp3) is 0. The summed E-state index contributed by atoms with van der Waals surface area (Å²) in [4.78, 5) is 45.6. The highest BCUT2D eigenvalue weighted by atomic mass is 19.2. The number of carbonyl (C=O) groups is 4. The summed E-state index contributed by atoms with van der Waals surface area (Å²) in [6, 6.07) is 3.51. The number of hydrogen-bond donors (Lipinski definition) is 4. The number of amides is 2. The van der Waals surface area contributed by atoms with E-state index in [1.165, 1.54) is 0 Å². The van der Waals surface area contributed by atoms with Gasteiger partial charge in [-0.2, -0.15) is 0 Å². The molecule has 0 heterocycles. The Bertz CT molecular complexity index is 1880. The predicted molar refractivity (Wildman–Crippen MR) is 135 cm³/mol. The monoisotopic (exact) mass is 698 g/mol. The van der Waals surface area contributed by atoms with Crippen LogP contribution < -0.4 is 10.6 Å². The molecule has 48 heavy (non-hydrogen) atoms. The number of benzene rings is 4. The number of carboxylic acids is 2. The predicted octanol–water partition coefficient (Wildman–Crippen LogP) is 6.94. The summed E-state index contributed by atoms with van der Waals surface area (Å²) in [5.41, 5.74) is -8.34. The Morgan fingerprint density at radius 3 is 0.938 bits per heavy atom. The lowest BCUT2D eigenvalue weighted by molar-refractivity contribution is 0.0675. The first-order valence-electron chi connectivity index (χ1n) is 12.0. The van der Waals surface area contributed by atoms with Crippen molar-refractivity contribution in [1.82, 2.24) is 0 Å². The first-order chi connectivity index (χ1) is 22.3. The summed E-state index contributed by atoms with van der Waals surface area (Å²) in [6.07, 6.45) is 0. The van der Waals surface area contributed by atoms with Gasteiger partial charge < -0.3 is 20.8 Å². The van der Waals surface area contributed by atoms with Gasteiger partial charge in [0.2, 0.25) is 0 Å². The maximum absolute atomic E-state index is 13.7. The molecular weight excluding hydrogens is 688 g/mol. The molecule has 0 aliphatic heterocycles. The average molecular weight is 698 g/mol. The van der Waals surface area contributed by atoms with E-state index in [2.05, 4.69) is 0 Å². The Morgan fingerprint density at radius 1 is 0.417 bits per heavy atom. The summed E-state index contributed by atoms with van der Waals surface area (Å²) in [5, 5.41) is 20.8. The molecule has 0 spiro atoms. The lowest BCUT2D eigenvalue weighted by Gasteiger charge is -2.11. The van der Waals surface area contributed by atoms with Crippen molar-refractivity contribution in [2.24, 2.45) is 0 Å². The summed E-state index contributed by atoms with van der Waals surface area (Å²) in [6.45, 7) is 0.